The third kappa shape index (κ3) is 2.22. The maximum atomic E-state index is 11.3. The molecule has 110 valence electrons. The van der Waals surface area contributed by atoms with E-state index in [-0.39, 0.29) is 5.92 Å². The van der Waals surface area contributed by atoms with E-state index in [1.807, 2.05) is 0 Å². The molecule has 7 nitrogen and oxygen atoms in total. The van der Waals surface area contributed by atoms with Crippen LogP contribution in [0.3, 0.4) is 0 Å². The minimum Gasteiger partial charge on any atom is -0.481 e. The van der Waals surface area contributed by atoms with Crippen molar-refractivity contribution in [2.24, 2.45) is 5.92 Å². The molecule has 2 aliphatic rings. The van der Waals surface area contributed by atoms with Gasteiger partial charge in [0.2, 0.25) is 0 Å². The lowest BCUT2D eigenvalue weighted by Gasteiger charge is -2.32. The monoisotopic (exact) mass is 287 g/mol. The van der Waals surface area contributed by atoms with Crippen LogP contribution in [0.15, 0.2) is 12.4 Å². The van der Waals surface area contributed by atoms with Crippen molar-refractivity contribution in [3.8, 4) is 0 Å². The number of anilines is 1. The quantitative estimate of drug-likeness (QED) is 0.916. The number of fused-ring (bicyclic) bond motifs is 1. The Kier molecular flexibility index (Phi) is 2.80. The third-order valence-corrected chi connectivity index (χ3v) is 4.34. The average Bonchev–Trinajstić information content (AvgIpc) is 3.24. The van der Waals surface area contributed by atoms with Gasteiger partial charge in [-0.2, -0.15) is 14.6 Å². The second kappa shape index (κ2) is 4.68. The first-order valence-corrected chi connectivity index (χ1v) is 7.41. The van der Waals surface area contributed by atoms with Crippen LogP contribution in [-0.2, 0) is 4.79 Å². The van der Waals surface area contributed by atoms with Gasteiger partial charge >= 0.3 is 5.97 Å². The maximum absolute atomic E-state index is 11.3. The van der Waals surface area contributed by atoms with Crippen molar-refractivity contribution in [2.45, 2.75) is 31.6 Å². The zero-order chi connectivity index (χ0) is 14.4. The Labute approximate surface area is 121 Å². The number of carboxylic acids is 1. The predicted octanol–water partition coefficient (Wildman–Crippen LogP) is 1.30. The first-order valence-electron chi connectivity index (χ1n) is 7.41. The van der Waals surface area contributed by atoms with Gasteiger partial charge in [0, 0.05) is 25.1 Å². The molecule has 0 radical (unpaired) electrons. The van der Waals surface area contributed by atoms with Crippen LogP contribution in [0.2, 0.25) is 0 Å². The molecular formula is C14H17N5O2. The maximum Gasteiger partial charge on any atom is 0.308 e. The summed E-state index contributed by atoms with van der Waals surface area (Å²) in [5.74, 6) is 1.03. The standard InChI is InChI=1S/C14H17N5O2/c20-13(21)10-2-1-5-18(7-10)12-6-11(9-3-4-9)17-14-15-8-16-19(12)14/h6,8-10H,1-5,7H2,(H,20,21)/t10-/m1/s1. The molecule has 0 unspecified atom stereocenters. The molecule has 21 heavy (non-hydrogen) atoms. The first kappa shape index (κ1) is 12.6. The highest BCUT2D eigenvalue weighted by Crippen LogP contribution is 2.40. The van der Waals surface area contributed by atoms with Crippen LogP contribution in [0.1, 0.15) is 37.3 Å². The van der Waals surface area contributed by atoms with Gasteiger partial charge in [0.1, 0.15) is 12.1 Å². The van der Waals surface area contributed by atoms with Gasteiger partial charge in [0.05, 0.1) is 11.6 Å². The summed E-state index contributed by atoms with van der Waals surface area (Å²) in [6.45, 7) is 1.38. The van der Waals surface area contributed by atoms with Crippen molar-refractivity contribution in [1.29, 1.82) is 0 Å². The Bertz CT molecular complexity index is 694. The summed E-state index contributed by atoms with van der Waals surface area (Å²) in [6.07, 6.45) is 5.48. The number of piperidine rings is 1. The highest BCUT2D eigenvalue weighted by atomic mass is 16.4. The number of carboxylic acid groups (broad SMARTS) is 1. The van der Waals surface area contributed by atoms with E-state index < -0.39 is 5.97 Å². The lowest BCUT2D eigenvalue weighted by molar-refractivity contribution is -0.141. The van der Waals surface area contributed by atoms with E-state index >= 15 is 0 Å². The van der Waals surface area contributed by atoms with E-state index in [4.69, 9.17) is 0 Å². The van der Waals surface area contributed by atoms with Crippen molar-refractivity contribution in [1.82, 2.24) is 19.6 Å². The summed E-state index contributed by atoms with van der Waals surface area (Å²) in [6, 6.07) is 2.06. The van der Waals surface area contributed by atoms with E-state index in [2.05, 4.69) is 26.0 Å². The van der Waals surface area contributed by atoms with Crippen molar-refractivity contribution in [3.63, 3.8) is 0 Å². The molecule has 1 N–H and O–H groups in total. The van der Waals surface area contributed by atoms with Gasteiger partial charge < -0.3 is 10.0 Å². The van der Waals surface area contributed by atoms with E-state index in [0.717, 1.165) is 30.9 Å². The highest BCUT2D eigenvalue weighted by Gasteiger charge is 2.30. The van der Waals surface area contributed by atoms with Gasteiger partial charge in [-0.1, -0.05) is 0 Å². The average molecular weight is 287 g/mol. The molecule has 1 saturated carbocycles. The van der Waals surface area contributed by atoms with E-state index in [9.17, 15) is 9.90 Å². The van der Waals surface area contributed by atoms with E-state index in [0.29, 0.717) is 18.2 Å². The number of hydrogen-bond acceptors (Lipinski definition) is 5. The molecule has 0 aromatic carbocycles. The Morgan fingerprint density at radius 1 is 1.33 bits per heavy atom. The molecule has 1 aliphatic heterocycles. The summed E-state index contributed by atoms with van der Waals surface area (Å²) < 4.78 is 1.72. The molecule has 1 aliphatic carbocycles. The van der Waals surface area contributed by atoms with Gasteiger partial charge in [0.15, 0.2) is 0 Å². The molecule has 1 saturated heterocycles. The van der Waals surface area contributed by atoms with Gasteiger partial charge in [0.25, 0.3) is 5.78 Å². The normalized spacial score (nSPS) is 22.7. The molecule has 0 spiro atoms. The second-order valence-electron chi connectivity index (χ2n) is 5.91. The summed E-state index contributed by atoms with van der Waals surface area (Å²) in [7, 11) is 0. The lowest BCUT2D eigenvalue weighted by atomic mass is 9.98. The molecule has 0 amide bonds. The molecule has 1 atom stereocenters. The number of rotatable bonds is 3. The van der Waals surface area contributed by atoms with Crippen LogP contribution in [-0.4, -0.2) is 43.7 Å². The molecule has 3 heterocycles. The van der Waals surface area contributed by atoms with Crippen molar-refractivity contribution in [2.75, 3.05) is 18.0 Å². The van der Waals surface area contributed by atoms with Crippen molar-refractivity contribution >= 4 is 17.6 Å². The van der Waals surface area contributed by atoms with Crippen LogP contribution in [0.4, 0.5) is 5.82 Å². The van der Waals surface area contributed by atoms with Crippen LogP contribution in [0.5, 0.6) is 0 Å². The van der Waals surface area contributed by atoms with Gasteiger partial charge in [-0.15, -0.1) is 0 Å². The molecule has 2 fully saturated rings. The van der Waals surface area contributed by atoms with Crippen LogP contribution < -0.4 is 4.90 Å². The second-order valence-corrected chi connectivity index (χ2v) is 5.91. The summed E-state index contributed by atoms with van der Waals surface area (Å²) in [5, 5.41) is 13.5. The molecule has 7 heteroatoms. The number of carbonyl (C=O) groups is 1. The highest BCUT2D eigenvalue weighted by molar-refractivity contribution is 5.71. The number of nitrogens with zero attached hydrogens (tertiary/aromatic N) is 5. The summed E-state index contributed by atoms with van der Waals surface area (Å²) >= 11 is 0. The molecule has 0 bridgehead atoms. The number of aliphatic carboxylic acids is 1. The Morgan fingerprint density at radius 3 is 2.95 bits per heavy atom. The Hall–Kier alpha value is -2.18. The fourth-order valence-corrected chi connectivity index (χ4v) is 3.01. The zero-order valence-electron chi connectivity index (χ0n) is 11.6. The number of aromatic nitrogens is 4. The minimum absolute atomic E-state index is 0.310. The number of hydrogen-bond donors (Lipinski definition) is 1. The van der Waals surface area contributed by atoms with Crippen molar-refractivity contribution < 1.29 is 9.90 Å². The summed E-state index contributed by atoms with van der Waals surface area (Å²) in [5.41, 5.74) is 1.06. The fourth-order valence-electron chi connectivity index (χ4n) is 3.01. The first-order chi connectivity index (χ1) is 10.2. The van der Waals surface area contributed by atoms with E-state index in [1.165, 1.54) is 19.2 Å². The van der Waals surface area contributed by atoms with Gasteiger partial charge in [-0.3, -0.25) is 4.79 Å². The third-order valence-electron chi connectivity index (χ3n) is 4.34. The largest absolute Gasteiger partial charge is 0.481 e. The Morgan fingerprint density at radius 2 is 2.19 bits per heavy atom. The SMILES string of the molecule is O=C(O)[C@@H]1CCCN(c2cc(C3CC3)nc3ncnn23)C1. The fraction of sp³-hybridized carbons (Fsp3) is 0.571. The van der Waals surface area contributed by atoms with Crippen LogP contribution in [0.25, 0.3) is 5.78 Å². The summed E-state index contributed by atoms with van der Waals surface area (Å²) in [4.78, 5) is 22.1. The Balaban J connectivity index is 1.74. The topological polar surface area (TPSA) is 83.6 Å². The van der Waals surface area contributed by atoms with Gasteiger partial charge in [-0.25, -0.2) is 4.98 Å². The van der Waals surface area contributed by atoms with E-state index in [1.54, 1.807) is 4.52 Å². The smallest absolute Gasteiger partial charge is 0.308 e. The molecule has 2 aromatic rings. The van der Waals surface area contributed by atoms with Crippen LogP contribution in [0, 0.1) is 5.92 Å². The minimum atomic E-state index is -0.717. The molecule has 2 aromatic heterocycles. The van der Waals surface area contributed by atoms with Crippen LogP contribution >= 0.6 is 0 Å². The molecular weight excluding hydrogens is 270 g/mol. The zero-order valence-corrected chi connectivity index (χ0v) is 11.6. The lowest BCUT2D eigenvalue weighted by Crippen LogP contribution is -2.39. The molecule has 4 rings (SSSR count). The van der Waals surface area contributed by atoms with Crippen molar-refractivity contribution in [3.05, 3.63) is 18.1 Å². The predicted molar refractivity (Wildman–Crippen MR) is 75.3 cm³/mol. The van der Waals surface area contributed by atoms with Gasteiger partial charge in [-0.05, 0) is 25.7 Å².